The van der Waals surface area contributed by atoms with Crippen LogP contribution in [0.2, 0.25) is 0 Å². The predicted octanol–water partition coefficient (Wildman–Crippen LogP) is 14.2. The number of anilines is 3. The Morgan fingerprint density at radius 2 is 0.784 bits per heavy atom. The van der Waals surface area contributed by atoms with E-state index in [4.69, 9.17) is 0 Å². The van der Waals surface area contributed by atoms with Crippen LogP contribution in [0.1, 0.15) is 11.1 Å². The largest absolute Gasteiger partial charge is 0.310 e. The smallest absolute Gasteiger partial charge is 0.0464 e. The maximum atomic E-state index is 2.40. The average molecular weight is 652 g/mol. The number of fused-ring (bicyclic) bond motifs is 3. The van der Waals surface area contributed by atoms with Crippen molar-refractivity contribution >= 4 is 49.4 Å². The summed E-state index contributed by atoms with van der Waals surface area (Å²) in [5.41, 5.74) is 13.3. The Labute approximate surface area is 299 Å². The molecule has 0 unspecified atom stereocenters. The standard InChI is InChI=1S/C50H37N/c1-34-13-10-21-43(29-34)51(44-22-11-14-35(2)30-44)42-27-25-37(26-28-42)49-45-23-8-9-24-46(45)50(48-33-40-18-7-6-17-39(40)32-47(48)49)41-20-12-19-38(31-41)36-15-4-3-5-16-36/h3-33H,1-2H3. The molecule has 242 valence electrons. The van der Waals surface area contributed by atoms with Gasteiger partial charge in [0.2, 0.25) is 0 Å². The molecule has 0 aliphatic carbocycles. The van der Waals surface area contributed by atoms with Crippen LogP contribution in [-0.4, -0.2) is 0 Å². The van der Waals surface area contributed by atoms with E-state index in [-0.39, 0.29) is 0 Å². The molecule has 0 bridgehead atoms. The first kappa shape index (κ1) is 30.6. The van der Waals surface area contributed by atoms with Crippen LogP contribution in [0.25, 0.3) is 65.7 Å². The second-order valence-electron chi connectivity index (χ2n) is 13.5. The number of rotatable bonds is 6. The highest BCUT2D eigenvalue weighted by atomic mass is 15.1. The van der Waals surface area contributed by atoms with Crippen LogP contribution in [0.3, 0.4) is 0 Å². The third kappa shape index (κ3) is 5.63. The van der Waals surface area contributed by atoms with E-state index in [1.54, 1.807) is 0 Å². The molecule has 51 heavy (non-hydrogen) atoms. The predicted molar refractivity (Wildman–Crippen MR) is 219 cm³/mol. The lowest BCUT2D eigenvalue weighted by Gasteiger charge is -2.26. The van der Waals surface area contributed by atoms with E-state index in [0.717, 1.165) is 17.1 Å². The summed E-state index contributed by atoms with van der Waals surface area (Å²) in [6.45, 7) is 4.31. The first-order chi connectivity index (χ1) is 25.1. The SMILES string of the molecule is Cc1cccc(N(c2ccc(-c3c4ccccc4c(-c4cccc(-c5ccccc5)c4)c4cc5ccccc5cc34)cc2)c2cccc(C)c2)c1. The number of benzene rings is 9. The number of aryl methyl sites for hydroxylation is 2. The third-order valence-corrected chi connectivity index (χ3v) is 10.1. The summed E-state index contributed by atoms with van der Waals surface area (Å²) in [7, 11) is 0. The highest BCUT2D eigenvalue weighted by molar-refractivity contribution is 6.23. The van der Waals surface area contributed by atoms with Gasteiger partial charge < -0.3 is 4.90 Å². The van der Waals surface area contributed by atoms with E-state index in [1.165, 1.54) is 76.8 Å². The molecule has 0 aliphatic heterocycles. The Kier molecular flexibility index (Phi) is 7.67. The van der Waals surface area contributed by atoms with Crippen LogP contribution in [0.15, 0.2) is 188 Å². The summed E-state index contributed by atoms with van der Waals surface area (Å²) in [5, 5.41) is 7.52. The molecule has 0 aliphatic rings. The molecule has 9 aromatic rings. The van der Waals surface area contributed by atoms with Gasteiger partial charge in [-0.25, -0.2) is 0 Å². The molecule has 0 aromatic heterocycles. The van der Waals surface area contributed by atoms with Gasteiger partial charge in [0.15, 0.2) is 0 Å². The molecule has 0 fully saturated rings. The van der Waals surface area contributed by atoms with Gasteiger partial charge in [0.1, 0.15) is 0 Å². The third-order valence-electron chi connectivity index (χ3n) is 10.1. The zero-order valence-corrected chi connectivity index (χ0v) is 28.8. The van der Waals surface area contributed by atoms with E-state index in [2.05, 4.69) is 207 Å². The van der Waals surface area contributed by atoms with Crippen molar-refractivity contribution < 1.29 is 0 Å². The summed E-state index contributed by atoms with van der Waals surface area (Å²) in [6, 6.07) is 68.8. The molecule has 9 aromatic carbocycles. The normalized spacial score (nSPS) is 11.3. The van der Waals surface area contributed by atoms with Gasteiger partial charge in [0.05, 0.1) is 0 Å². The van der Waals surface area contributed by atoms with Crippen molar-refractivity contribution in [3.63, 3.8) is 0 Å². The van der Waals surface area contributed by atoms with Gasteiger partial charge >= 0.3 is 0 Å². The fraction of sp³-hybridized carbons (Fsp3) is 0.0400. The van der Waals surface area contributed by atoms with Crippen LogP contribution in [0, 0.1) is 13.8 Å². The van der Waals surface area contributed by atoms with Crippen LogP contribution >= 0.6 is 0 Å². The summed E-state index contributed by atoms with van der Waals surface area (Å²) in [5.74, 6) is 0. The van der Waals surface area contributed by atoms with Gasteiger partial charge in [-0.1, -0.05) is 133 Å². The molecule has 0 atom stereocenters. The van der Waals surface area contributed by atoms with Crippen LogP contribution in [0.5, 0.6) is 0 Å². The Hall–Kier alpha value is -6.44. The Bertz CT molecular complexity index is 2660. The molecular weight excluding hydrogens is 615 g/mol. The van der Waals surface area contributed by atoms with Crippen molar-refractivity contribution in [3.8, 4) is 33.4 Å². The lowest BCUT2D eigenvalue weighted by Crippen LogP contribution is -2.10. The van der Waals surface area contributed by atoms with E-state index < -0.39 is 0 Å². The van der Waals surface area contributed by atoms with Crippen molar-refractivity contribution in [2.75, 3.05) is 4.90 Å². The van der Waals surface area contributed by atoms with E-state index in [0.29, 0.717) is 0 Å². The van der Waals surface area contributed by atoms with E-state index in [9.17, 15) is 0 Å². The van der Waals surface area contributed by atoms with Gasteiger partial charge in [-0.2, -0.15) is 0 Å². The molecule has 0 heterocycles. The van der Waals surface area contributed by atoms with Crippen molar-refractivity contribution in [3.05, 3.63) is 199 Å². The maximum Gasteiger partial charge on any atom is 0.0464 e. The maximum absolute atomic E-state index is 2.40. The minimum absolute atomic E-state index is 1.13. The zero-order chi connectivity index (χ0) is 34.3. The lowest BCUT2D eigenvalue weighted by atomic mass is 9.84. The molecule has 1 heteroatoms. The van der Waals surface area contributed by atoms with Crippen molar-refractivity contribution in [1.82, 2.24) is 0 Å². The molecule has 0 N–H and O–H groups in total. The molecule has 1 nitrogen and oxygen atoms in total. The van der Waals surface area contributed by atoms with Gasteiger partial charge in [0.25, 0.3) is 0 Å². The van der Waals surface area contributed by atoms with Gasteiger partial charge in [0, 0.05) is 17.1 Å². The lowest BCUT2D eigenvalue weighted by molar-refractivity contribution is 1.26. The minimum Gasteiger partial charge on any atom is -0.310 e. The van der Waals surface area contributed by atoms with Crippen LogP contribution in [0.4, 0.5) is 17.1 Å². The van der Waals surface area contributed by atoms with Gasteiger partial charge in [-0.15, -0.1) is 0 Å². The Balaban J connectivity index is 1.28. The molecule has 0 saturated heterocycles. The van der Waals surface area contributed by atoms with E-state index >= 15 is 0 Å². The highest BCUT2D eigenvalue weighted by Crippen LogP contribution is 2.46. The Morgan fingerprint density at radius 1 is 0.294 bits per heavy atom. The summed E-state index contributed by atoms with van der Waals surface area (Å²) in [6.07, 6.45) is 0. The number of hydrogen-bond acceptors (Lipinski definition) is 1. The summed E-state index contributed by atoms with van der Waals surface area (Å²) in [4.78, 5) is 2.36. The summed E-state index contributed by atoms with van der Waals surface area (Å²) >= 11 is 0. The van der Waals surface area contributed by atoms with Crippen molar-refractivity contribution in [2.24, 2.45) is 0 Å². The van der Waals surface area contributed by atoms with E-state index in [1.807, 2.05) is 0 Å². The molecular formula is C50H37N. The monoisotopic (exact) mass is 651 g/mol. The Morgan fingerprint density at radius 3 is 1.37 bits per heavy atom. The second kappa shape index (κ2) is 12.8. The molecule has 0 radical (unpaired) electrons. The second-order valence-corrected chi connectivity index (χ2v) is 13.5. The quantitative estimate of drug-likeness (QED) is 0.162. The molecule has 9 rings (SSSR count). The fourth-order valence-electron chi connectivity index (χ4n) is 7.73. The fourth-order valence-corrected chi connectivity index (χ4v) is 7.73. The highest BCUT2D eigenvalue weighted by Gasteiger charge is 2.19. The number of nitrogens with zero attached hydrogens (tertiary/aromatic N) is 1. The van der Waals surface area contributed by atoms with Gasteiger partial charge in [-0.05, 0) is 145 Å². The van der Waals surface area contributed by atoms with Gasteiger partial charge in [-0.3, -0.25) is 0 Å². The first-order valence-corrected chi connectivity index (χ1v) is 17.7. The zero-order valence-electron chi connectivity index (χ0n) is 28.8. The molecule has 0 saturated carbocycles. The minimum atomic E-state index is 1.13. The van der Waals surface area contributed by atoms with Crippen LogP contribution < -0.4 is 4.90 Å². The molecule has 0 amide bonds. The molecule has 0 spiro atoms. The first-order valence-electron chi connectivity index (χ1n) is 17.7. The average Bonchev–Trinajstić information content (AvgIpc) is 3.17. The summed E-state index contributed by atoms with van der Waals surface area (Å²) < 4.78 is 0. The van der Waals surface area contributed by atoms with Crippen LogP contribution in [-0.2, 0) is 0 Å². The number of hydrogen-bond donors (Lipinski definition) is 0. The van der Waals surface area contributed by atoms with Crippen molar-refractivity contribution in [1.29, 1.82) is 0 Å². The topological polar surface area (TPSA) is 3.24 Å². The van der Waals surface area contributed by atoms with Crippen molar-refractivity contribution in [2.45, 2.75) is 13.8 Å².